The average Bonchev–Trinajstić information content (AvgIpc) is 3.63. The molecule has 264 valence electrons. The Bertz CT molecular complexity index is 1510. The molecule has 9 heteroatoms. The topological polar surface area (TPSA) is 93.6 Å². The number of ether oxygens (including phenoxy) is 1. The maximum absolute atomic E-state index is 15.3. The molecule has 3 amide bonds. The largest absolute Gasteiger partial charge is 0.394 e. The van der Waals surface area contributed by atoms with Crippen LogP contribution in [0.15, 0.2) is 79.9 Å². The normalized spacial score (nSPS) is 27.5. The second kappa shape index (κ2) is 14.9. The lowest BCUT2D eigenvalue weighted by Gasteiger charge is -2.39. The summed E-state index contributed by atoms with van der Waals surface area (Å²) in [5.74, 6) is -2.53. The Labute approximate surface area is 292 Å². The molecule has 3 aliphatic heterocycles. The van der Waals surface area contributed by atoms with Crippen molar-refractivity contribution in [2.45, 2.75) is 77.2 Å². The van der Waals surface area contributed by atoms with E-state index in [1.807, 2.05) is 68.4 Å². The highest BCUT2D eigenvalue weighted by Crippen LogP contribution is 2.66. The summed E-state index contributed by atoms with van der Waals surface area (Å²) in [6.45, 7) is 20.5. The summed E-state index contributed by atoms with van der Waals surface area (Å²) in [7, 11) is 0. The molecule has 3 fully saturated rings. The number of hydrogen-bond acceptors (Lipinski definition) is 6. The molecule has 3 unspecified atom stereocenters. The number of amides is 3. The molecule has 0 saturated carbocycles. The lowest BCUT2D eigenvalue weighted by Crippen LogP contribution is -2.59. The number of aliphatic hydroxyl groups excluding tert-OH is 1. The monoisotopic (exact) mass is 670 g/mol. The SMILES string of the molecule is C=CCN(CCC)C(=O)[C@@H]1[C@H]2C(=O)N([C@@H](CO)Cc3ccccc3)C(C(=O)N(CC=C)c3ccc(N(CC)CC)cc3)C23CC(C)[C@@]1(C)O3. The molecular formula is C40H54N4O5. The van der Waals surface area contributed by atoms with Gasteiger partial charge in [0.05, 0.1) is 30.1 Å². The molecule has 0 aromatic heterocycles. The first kappa shape index (κ1) is 36.3. The van der Waals surface area contributed by atoms with Gasteiger partial charge in [-0.3, -0.25) is 14.4 Å². The summed E-state index contributed by atoms with van der Waals surface area (Å²) >= 11 is 0. The van der Waals surface area contributed by atoms with Crippen molar-refractivity contribution in [2.24, 2.45) is 17.8 Å². The third kappa shape index (κ3) is 6.20. The van der Waals surface area contributed by atoms with Gasteiger partial charge in [-0.2, -0.15) is 0 Å². The van der Waals surface area contributed by atoms with Crippen molar-refractivity contribution in [3.05, 3.63) is 85.5 Å². The zero-order valence-corrected chi connectivity index (χ0v) is 29.9. The smallest absolute Gasteiger partial charge is 0.253 e. The molecular weight excluding hydrogens is 616 g/mol. The first-order valence-corrected chi connectivity index (χ1v) is 17.9. The molecule has 1 spiro atoms. The van der Waals surface area contributed by atoms with E-state index < -0.39 is 35.1 Å². The van der Waals surface area contributed by atoms with Crippen LogP contribution in [0.4, 0.5) is 11.4 Å². The van der Waals surface area contributed by atoms with Crippen LogP contribution in [0.5, 0.6) is 0 Å². The van der Waals surface area contributed by atoms with Crippen LogP contribution < -0.4 is 9.80 Å². The van der Waals surface area contributed by atoms with Gasteiger partial charge in [0.2, 0.25) is 11.8 Å². The van der Waals surface area contributed by atoms with E-state index in [0.717, 1.165) is 30.8 Å². The number of carbonyl (C=O) groups is 3. The number of aliphatic hydroxyl groups is 1. The van der Waals surface area contributed by atoms with Crippen molar-refractivity contribution >= 4 is 29.1 Å². The number of benzene rings is 2. The van der Waals surface area contributed by atoms with E-state index in [4.69, 9.17) is 4.74 Å². The van der Waals surface area contributed by atoms with Gasteiger partial charge in [0.1, 0.15) is 11.6 Å². The van der Waals surface area contributed by atoms with E-state index in [9.17, 15) is 9.90 Å². The molecule has 5 rings (SSSR count). The summed E-state index contributed by atoms with van der Waals surface area (Å²) in [6.07, 6.45) is 4.93. The average molecular weight is 671 g/mol. The zero-order valence-electron chi connectivity index (χ0n) is 29.9. The molecule has 7 atom stereocenters. The number of anilines is 2. The van der Waals surface area contributed by atoms with Gasteiger partial charge in [0.25, 0.3) is 5.91 Å². The first-order valence-electron chi connectivity index (χ1n) is 17.9. The fourth-order valence-corrected chi connectivity index (χ4v) is 8.81. The van der Waals surface area contributed by atoms with Gasteiger partial charge in [-0.15, -0.1) is 13.2 Å². The van der Waals surface area contributed by atoms with E-state index in [1.54, 1.807) is 26.9 Å². The second-order valence-electron chi connectivity index (χ2n) is 14.0. The Morgan fingerprint density at radius 2 is 1.63 bits per heavy atom. The minimum atomic E-state index is -1.25. The number of likely N-dealkylation sites (tertiary alicyclic amines) is 1. The van der Waals surface area contributed by atoms with E-state index in [-0.39, 0.29) is 36.8 Å². The zero-order chi connectivity index (χ0) is 35.5. The van der Waals surface area contributed by atoms with Crippen molar-refractivity contribution in [3.63, 3.8) is 0 Å². The van der Waals surface area contributed by atoms with Crippen molar-refractivity contribution < 1.29 is 24.2 Å². The van der Waals surface area contributed by atoms with Crippen LogP contribution in [-0.2, 0) is 25.5 Å². The number of fused-ring (bicyclic) bond motifs is 1. The molecule has 2 aromatic rings. The fourth-order valence-electron chi connectivity index (χ4n) is 8.81. The number of hydrogen-bond donors (Lipinski definition) is 1. The Kier molecular flexibility index (Phi) is 11.0. The molecule has 49 heavy (non-hydrogen) atoms. The highest BCUT2D eigenvalue weighted by Gasteiger charge is 2.80. The van der Waals surface area contributed by atoms with Crippen LogP contribution in [0.3, 0.4) is 0 Å². The number of rotatable bonds is 16. The van der Waals surface area contributed by atoms with Crippen molar-refractivity contribution in [2.75, 3.05) is 49.1 Å². The predicted octanol–water partition coefficient (Wildman–Crippen LogP) is 5.09. The standard InChI is InChI=1S/C40H54N4O5/c1-8-22-42(23-9-2)36(46)33-34-37(47)44(32(27-45)25-29-16-14-13-15-17-29)35(40(34)26-28(6)39(33,7)49-40)38(48)43(24-10-3)31-20-18-30(19-21-31)41(11-4)12-5/h8,10,13-21,28,32-35,45H,1,3,9,11-12,22-27H2,2,4-7H3/t28?,32-,33+,34+,35?,39-,40?/m1/s1. The van der Waals surface area contributed by atoms with E-state index >= 15 is 9.59 Å². The van der Waals surface area contributed by atoms with E-state index in [2.05, 4.69) is 38.8 Å². The number of carbonyl (C=O) groups excluding carboxylic acids is 3. The van der Waals surface area contributed by atoms with Crippen LogP contribution >= 0.6 is 0 Å². The lowest BCUT2D eigenvalue weighted by molar-refractivity contribution is -0.153. The van der Waals surface area contributed by atoms with Gasteiger partial charge < -0.3 is 29.4 Å². The molecule has 0 radical (unpaired) electrons. The summed E-state index contributed by atoms with van der Waals surface area (Å²) in [5.41, 5.74) is 0.466. The highest BCUT2D eigenvalue weighted by molar-refractivity contribution is 6.05. The first-order chi connectivity index (χ1) is 23.6. The highest BCUT2D eigenvalue weighted by atomic mass is 16.5. The summed E-state index contributed by atoms with van der Waals surface area (Å²) in [4.78, 5) is 52.0. The Morgan fingerprint density at radius 1 is 1.00 bits per heavy atom. The van der Waals surface area contributed by atoms with Crippen LogP contribution in [0.25, 0.3) is 0 Å². The van der Waals surface area contributed by atoms with Gasteiger partial charge in [-0.1, -0.05) is 56.3 Å². The van der Waals surface area contributed by atoms with Crippen LogP contribution in [0.2, 0.25) is 0 Å². The van der Waals surface area contributed by atoms with Crippen LogP contribution in [-0.4, -0.2) is 95.2 Å². The van der Waals surface area contributed by atoms with Crippen LogP contribution in [0.1, 0.15) is 53.0 Å². The molecule has 9 nitrogen and oxygen atoms in total. The summed E-state index contributed by atoms with van der Waals surface area (Å²) in [6, 6.07) is 15.8. The van der Waals surface area contributed by atoms with Gasteiger partial charge in [-0.05, 0) is 75.8 Å². The summed E-state index contributed by atoms with van der Waals surface area (Å²) < 4.78 is 7.05. The molecule has 3 aliphatic rings. The fraction of sp³-hybridized carbons (Fsp3) is 0.525. The van der Waals surface area contributed by atoms with Gasteiger partial charge in [-0.25, -0.2) is 0 Å². The third-order valence-electron chi connectivity index (χ3n) is 11.2. The molecule has 3 saturated heterocycles. The minimum absolute atomic E-state index is 0.101. The van der Waals surface area contributed by atoms with Crippen molar-refractivity contribution in [3.8, 4) is 0 Å². The Morgan fingerprint density at radius 3 is 2.20 bits per heavy atom. The second-order valence-corrected chi connectivity index (χ2v) is 14.0. The molecule has 2 aromatic carbocycles. The quantitative estimate of drug-likeness (QED) is 0.250. The van der Waals surface area contributed by atoms with Crippen molar-refractivity contribution in [1.29, 1.82) is 0 Å². The Hall–Kier alpha value is -3.95. The van der Waals surface area contributed by atoms with Crippen LogP contribution in [0, 0.1) is 17.8 Å². The molecule has 0 aliphatic carbocycles. The molecule has 2 bridgehead atoms. The lowest BCUT2D eigenvalue weighted by atomic mass is 9.62. The predicted molar refractivity (Wildman–Crippen MR) is 194 cm³/mol. The molecule has 1 N–H and O–H groups in total. The summed E-state index contributed by atoms with van der Waals surface area (Å²) in [5, 5.41) is 10.9. The minimum Gasteiger partial charge on any atom is -0.394 e. The Balaban J connectivity index is 1.64. The maximum Gasteiger partial charge on any atom is 0.253 e. The number of nitrogens with zero attached hydrogens (tertiary/aromatic N) is 4. The van der Waals surface area contributed by atoms with E-state index in [1.165, 1.54) is 0 Å². The van der Waals surface area contributed by atoms with Gasteiger partial charge >= 0.3 is 0 Å². The van der Waals surface area contributed by atoms with Crippen molar-refractivity contribution in [1.82, 2.24) is 9.80 Å². The van der Waals surface area contributed by atoms with Gasteiger partial charge in [0, 0.05) is 44.1 Å². The van der Waals surface area contributed by atoms with E-state index in [0.29, 0.717) is 31.6 Å². The van der Waals surface area contributed by atoms with Gasteiger partial charge in [0.15, 0.2) is 0 Å². The third-order valence-corrected chi connectivity index (χ3v) is 11.2. The maximum atomic E-state index is 15.3. The molecule has 3 heterocycles.